The Balaban J connectivity index is 1.93. The molecule has 2 aromatic carbocycles. The molecule has 24 heavy (non-hydrogen) atoms. The molecular weight excluding hydrogens is 390 g/mol. The van der Waals surface area contributed by atoms with E-state index in [0.717, 1.165) is 21.2 Å². The van der Waals surface area contributed by atoms with Crippen molar-refractivity contribution in [3.8, 4) is 0 Å². The molecule has 0 fully saturated rings. The molecule has 1 aliphatic carbocycles. The van der Waals surface area contributed by atoms with E-state index in [4.69, 9.17) is 4.28 Å². The Hall–Kier alpha value is -1.66. The lowest BCUT2D eigenvalue weighted by Crippen LogP contribution is -2.13. The lowest BCUT2D eigenvalue weighted by atomic mass is 9.87. The molecule has 0 saturated carbocycles. The zero-order chi connectivity index (χ0) is 17.5. The SMILES string of the molecule is Cc1ccc(S(=O)(=O)O/N=C2\CC(C)(C)c3ccc(Br)cc32)cc1. The van der Waals surface area contributed by atoms with Gasteiger partial charge in [-0.2, -0.15) is 8.42 Å². The normalized spacial score (nSPS) is 17.8. The van der Waals surface area contributed by atoms with Crippen LogP contribution in [0.2, 0.25) is 0 Å². The number of aryl methyl sites for hydroxylation is 1. The van der Waals surface area contributed by atoms with Gasteiger partial charge in [-0.3, -0.25) is 4.28 Å². The summed E-state index contributed by atoms with van der Waals surface area (Å²) in [6.07, 6.45) is 0.627. The van der Waals surface area contributed by atoms with E-state index in [9.17, 15) is 8.42 Å². The number of fused-ring (bicyclic) bond motifs is 1. The van der Waals surface area contributed by atoms with Crippen LogP contribution in [0.3, 0.4) is 0 Å². The lowest BCUT2D eigenvalue weighted by Gasteiger charge is -2.17. The van der Waals surface area contributed by atoms with Gasteiger partial charge < -0.3 is 0 Å². The second-order valence-corrected chi connectivity index (χ2v) is 9.07. The molecule has 0 radical (unpaired) electrons. The van der Waals surface area contributed by atoms with Crippen molar-refractivity contribution in [2.45, 2.75) is 37.5 Å². The molecule has 0 aromatic heterocycles. The Bertz CT molecular complexity index is 916. The zero-order valence-electron chi connectivity index (χ0n) is 13.7. The summed E-state index contributed by atoms with van der Waals surface area (Å²) < 4.78 is 30.5. The van der Waals surface area contributed by atoms with Crippen molar-refractivity contribution in [1.82, 2.24) is 0 Å². The molecule has 0 saturated heterocycles. The van der Waals surface area contributed by atoms with Crippen molar-refractivity contribution in [3.63, 3.8) is 0 Å². The third-order valence-electron chi connectivity index (χ3n) is 4.19. The quantitative estimate of drug-likeness (QED) is 0.701. The van der Waals surface area contributed by atoms with Crippen molar-refractivity contribution in [3.05, 3.63) is 63.6 Å². The van der Waals surface area contributed by atoms with Gasteiger partial charge in [-0.15, -0.1) is 0 Å². The van der Waals surface area contributed by atoms with Crippen molar-refractivity contribution in [2.24, 2.45) is 5.16 Å². The fourth-order valence-electron chi connectivity index (χ4n) is 2.88. The maximum atomic E-state index is 12.3. The van der Waals surface area contributed by atoms with E-state index in [0.29, 0.717) is 12.1 Å². The van der Waals surface area contributed by atoms with E-state index < -0.39 is 10.1 Å². The van der Waals surface area contributed by atoms with Gasteiger partial charge in [-0.1, -0.05) is 58.7 Å². The summed E-state index contributed by atoms with van der Waals surface area (Å²) in [7, 11) is -3.91. The summed E-state index contributed by atoms with van der Waals surface area (Å²) in [6, 6.07) is 12.5. The van der Waals surface area contributed by atoms with Crippen molar-refractivity contribution in [1.29, 1.82) is 0 Å². The van der Waals surface area contributed by atoms with E-state index in [1.807, 2.05) is 25.1 Å². The van der Waals surface area contributed by atoms with Gasteiger partial charge in [-0.05, 0) is 42.2 Å². The van der Waals surface area contributed by atoms with Crippen LogP contribution >= 0.6 is 15.9 Å². The second-order valence-electron chi connectivity index (χ2n) is 6.63. The molecule has 0 unspecified atom stereocenters. The van der Waals surface area contributed by atoms with Crippen LogP contribution in [-0.4, -0.2) is 14.1 Å². The molecule has 2 aromatic rings. The Morgan fingerprint density at radius 1 is 1.12 bits per heavy atom. The third kappa shape index (κ3) is 3.26. The maximum Gasteiger partial charge on any atom is 0.358 e. The van der Waals surface area contributed by atoms with Crippen molar-refractivity contribution >= 4 is 31.8 Å². The highest BCUT2D eigenvalue weighted by molar-refractivity contribution is 9.10. The molecule has 0 heterocycles. The summed E-state index contributed by atoms with van der Waals surface area (Å²) in [5.41, 5.74) is 3.59. The predicted octanol–water partition coefficient (Wildman–Crippen LogP) is 4.55. The number of nitrogens with zero attached hydrogens (tertiary/aromatic N) is 1. The fourth-order valence-corrected chi connectivity index (χ4v) is 3.98. The van der Waals surface area contributed by atoms with Crippen molar-refractivity contribution < 1.29 is 12.7 Å². The van der Waals surface area contributed by atoms with Crippen LogP contribution in [0.1, 0.15) is 37.0 Å². The van der Waals surface area contributed by atoms with Crippen LogP contribution in [0.25, 0.3) is 0 Å². The summed E-state index contributed by atoms with van der Waals surface area (Å²) >= 11 is 3.45. The molecule has 6 heteroatoms. The average molecular weight is 408 g/mol. The highest BCUT2D eigenvalue weighted by Gasteiger charge is 2.35. The molecule has 0 spiro atoms. The van der Waals surface area contributed by atoms with Gasteiger partial charge in [0.25, 0.3) is 0 Å². The molecule has 1 aliphatic rings. The molecular formula is C18H18BrNO3S. The number of hydrogen-bond acceptors (Lipinski definition) is 4. The molecule has 0 atom stereocenters. The van der Waals surface area contributed by atoms with Gasteiger partial charge in [0, 0.05) is 16.5 Å². The van der Waals surface area contributed by atoms with Crippen LogP contribution in [0.5, 0.6) is 0 Å². The van der Waals surface area contributed by atoms with E-state index in [1.165, 1.54) is 12.1 Å². The first-order valence-corrected chi connectivity index (χ1v) is 9.77. The Morgan fingerprint density at radius 2 is 1.79 bits per heavy atom. The van der Waals surface area contributed by atoms with Crippen LogP contribution in [0.4, 0.5) is 0 Å². The van der Waals surface area contributed by atoms with Crippen LogP contribution in [0, 0.1) is 6.92 Å². The Labute approximate surface area is 150 Å². The zero-order valence-corrected chi connectivity index (χ0v) is 16.1. The van der Waals surface area contributed by atoms with Crippen LogP contribution in [0.15, 0.2) is 57.0 Å². The fraction of sp³-hybridized carbons (Fsp3) is 0.278. The summed E-state index contributed by atoms with van der Waals surface area (Å²) in [4.78, 5) is 0.101. The lowest BCUT2D eigenvalue weighted by molar-refractivity contribution is 0.337. The smallest absolute Gasteiger partial charge is 0.264 e. The number of halogens is 1. The molecule has 0 N–H and O–H groups in total. The summed E-state index contributed by atoms with van der Waals surface area (Å²) in [6.45, 7) is 6.11. The van der Waals surface area contributed by atoms with E-state index >= 15 is 0 Å². The minimum Gasteiger partial charge on any atom is -0.264 e. The Kier molecular flexibility index (Phi) is 4.30. The van der Waals surface area contributed by atoms with E-state index in [1.54, 1.807) is 12.1 Å². The molecule has 4 nitrogen and oxygen atoms in total. The predicted molar refractivity (Wildman–Crippen MR) is 97.8 cm³/mol. The van der Waals surface area contributed by atoms with Gasteiger partial charge in [0.15, 0.2) is 0 Å². The van der Waals surface area contributed by atoms with Gasteiger partial charge in [0.2, 0.25) is 0 Å². The third-order valence-corrected chi connectivity index (χ3v) is 5.80. The van der Waals surface area contributed by atoms with Crippen LogP contribution in [-0.2, 0) is 19.8 Å². The first-order valence-electron chi connectivity index (χ1n) is 7.57. The summed E-state index contributed by atoms with van der Waals surface area (Å²) in [5, 5.41) is 3.98. The number of hydrogen-bond donors (Lipinski definition) is 0. The van der Waals surface area contributed by atoms with E-state index in [2.05, 4.69) is 34.9 Å². The highest BCUT2D eigenvalue weighted by atomic mass is 79.9. The van der Waals surface area contributed by atoms with Gasteiger partial charge in [0.05, 0.1) is 5.71 Å². The summed E-state index contributed by atoms with van der Waals surface area (Å²) in [5.74, 6) is 0. The number of oxime groups is 1. The average Bonchev–Trinajstić information content (AvgIpc) is 2.76. The first-order chi connectivity index (χ1) is 11.2. The second kappa shape index (κ2) is 6.01. The largest absolute Gasteiger partial charge is 0.358 e. The van der Waals surface area contributed by atoms with E-state index in [-0.39, 0.29) is 10.3 Å². The molecule has 0 amide bonds. The monoisotopic (exact) mass is 407 g/mol. The minimum absolute atomic E-state index is 0.101. The van der Waals surface area contributed by atoms with Crippen molar-refractivity contribution in [2.75, 3.05) is 0 Å². The van der Waals surface area contributed by atoms with Gasteiger partial charge in [-0.25, -0.2) is 0 Å². The highest BCUT2D eigenvalue weighted by Crippen LogP contribution is 2.39. The van der Waals surface area contributed by atoms with Gasteiger partial charge >= 0.3 is 10.1 Å². The topological polar surface area (TPSA) is 55.7 Å². The Morgan fingerprint density at radius 3 is 2.46 bits per heavy atom. The molecule has 0 aliphatic heterocycles. The van der Waals surface area contributed by atoms with Crippen LogP contribution < -0.4 is 0 Å². The van der Waals surface area contributed by atoms with Gasteiger partial charge in [0.1, 0.15) is 4.90 Å². The minimum atomic E-state index is -3.91. The number of benzene rings is 2. The molecule has 0 bridgehead atoms. The maximum absolute atomic E-state index is 12.3. The molecule has 126 valence electrons. The number of rotatable bonds is 3. The molecule has 3 rings (SSSR count). The first kappa shape index (κ1) is 17.2. The standard InChI is InChI=1S/C18H18BrNO3S/c1-12-4-7-14(8-5-12)24(21,22)23-20-17-11-18(2,3)16-9-6-13(19)10-15(16)17/h4-10H,11H2,1-3H3/b20-17+.